The van der Waals surface area contributed by atoms with Gasteiger partial charge in [-0.25, -0.2) is 0 Å². The van der Waals surface area contributed by atoms with Crippen LogP contribution in [0, 0.1) is 5.92 Å². The Morgan fingerprint density at radius 1 is 0.966 bits per heavy atom. The van der Waals surface area contributed by atoms with Crippen LogP contribution in [-0.2, 0) is 29.5 Å². The lowest BCUT2D eigenvalue weighted by atomic mass is 10.0. The van der Waals surface area contributed by atoms with E-state index < -0.39 is 0 Å². The Hall–Kier alpha value is -2.63. The number of carbonyl (C=O) groups is 2. The molecule has 6 heteroatoms. The van der Waals surface area contributed by atoms with Gasteiger partial charge in [-0.2, -0.15) is 5.10 Å². The predicted molar refractivity (Wildman–Crippen MR) is 110 cm³/mol. The van der Waals surface area contributed by atoms with Gasteiger partial charge in [0, 0.05) is 55.8 Å². The highest BCUT2D eigenvalue weighted by Gasteiger charge is 2.42. The summed E-state index contributed by atoms with van der Waals surface area (Å²) in [7, 11) is 2.00. The molecule has 1 saturated heterocycles. The minimum Gasteiger partial charge on any atom is -0.340 e. The summed E-state index contributed by atoms with van der Waals surface area (Å²) < 4.78 is 1.98. The van der Waals surface area contributed by atoms with Crippen LogP contribution in [0.1, 0.15) is 36.9 Å². The van der Waals surface area contributed by atoms with E-state index in [1.54, 1.807) is 0 Å². The van der Waals surface area contributed by atoms with Gasteiger partial charge in [0.05, 0.1) is 5.69 Å². The molecule has 5 rings (SSSR count). The molecule has 29 heavy (non-hydrogen) atoms. The molecule has 1 aromatic carbocycles. The minimum atomic E-state index is -0.254. The van der Waals surface area contributed by atoms with Gasteiger partial charge in [0.1, 0.15) is 6.04 Å². The summed E-state index contributed by atoms with van der Waals surface area (Å²) in [4.78, 5) is 29.8. The molecule has 1 saturated carbocycles. The highest BCUT2D eigenvalue weighted by molar-refractivity contribution is 5.90. The first-order valence-corrected chi connectivity index (χ1v) is 10.8. The molecule has 0 radical (unpaired) electrons. The van der Waals surface area contributed by atoms with Crippen LogP contribution in [0.25, 0.3) is 11.3 Å². The third-order valence-electron chi connectivity index (χ3n) is 6.63. The molecule has 0 bridgehead atoms. The topological polar surface area (TPSA) is 58.4 Å². The maximum absolute atomic E-state index is 13.3. The molecule has 6 nitrogen and oxygen atoms in total. The zero-order chi connectivity index (χ0) is 20.0. The van der Waals surface area contributed by atoms with Crippen molar-refractivity contribution >= 4 is 11.8 Å². The molecule has 2 aromatic rings. The predicted octanol–water partition coefficient (Wildman–Crippen LogP) is 2.42. The van der Waals surface area contributed by atoms with E-state index in [2.05, 4.69) is 12.1 Å². The van der Waals surface area contributed by atoms with E-state index in [9.17, 15) is 9.59 Å². The minimum absolute atomic E-state index is 0.138. The second kappa shape index (κ2) is 7.32. The molecule has 2 amide bonds. The highest BCUT2D eigenvalue weighted by atomic mass is 16.2. The molecule has 0 unspecified atom stereocenters. The first-order chi connectivity index (χ1) is 14.1. The van der Waals surface area contributed by atoms with Gasteiger partial charge in [0.25, 0.3) is 0 Å². The fraction of sp³-hybridized carbons (Fsp3) is 0.522. The summed E-state index contributed by atoms with van der Waals surface area (Å²) in [5.41, 5.74) is 4.63. The van der Waals surface area contributed by atoms with Crippen LogP contribution in [0.2, 0.25) is 0 Å². The molecule has 1 aromatic heterocycles. The number of carbonyl (C=O) groups excluding carboxylic acids is 2. The molecule has 2 fully saturated rings. The summed E-state index contributed by atoms with van der Waals surface area (Å²) in [5.74, 6) is 0.518. The van der Waals surface area contributed by atoms with Gasteiger partial charge < -0.3 is 9.80 Å². The first kappa shape index (κ1) is 18.4. The summed E-state index contributed by atoms with van der Waals surface area (Å²) >= 11 is 0. The van der Waals surface area contributed by atoms with Crippen molar-refractivity contribution in [3.8, 4) is 11.3 Å². The van der Waals surface area contributed by atoms with E-state index in [1.165, 1.54) is 11.3 Å². The number of aromatic nitrogens is 2. The van der Waals surface area contributed by atoms with Gasteiger partial charge in [-0.05, 0) is 32.1 Å². The van der Waals surface area contributed by atoms with Gasteiger partial charge >= 0.3 is 0 Å². The number of hydrogen-bond donors (Lipinski definition) is 0. The van der Waals surface area contributed by atoms with E-state index >= 15 is 0 Å². The molecular weight excluding hydrogens is 364 g/mol. The number of hydrogen-bond acceptors (Lipinski definition) is 3. The number of likely N-dealkylation sites (tertiary alicyclic amines) is 1. The fourth-order valence-corrected chi connectivity index (χ4v) is 4.89. The molecule has 0 spiro atoms. The molecule has 1 atom stereocenters. The van der Waals surface area contributed by atoms with E-state index in [0.717, 1.165) is 56.3 Å². The standard InChI is InChI=1S/C23H28N4O2/c1-25-19-12-15-26(14-11-18(19)21(24-25)16-6-3-2-4-7-16)23(29)20-8-5-13-27(20)22(28)17-9-10-17/h2-4,6-7,17,20H,5,8-15H2,1H3/t20-/m0/s1. The molecule has 1 aliphatic carbocycles. The Morgan fingerprint density at radius 3 is 2.48 bits per heavy atom. The van der Waals surface area contributed by atoms with Crippen LogP contribution in [0.3, 0.4) is 0 Å². The number of nitrogens with zero attached hydrogens (tertiary/aromatic N) is 4. The van der Waals surface area contributed by atoms with Crippen molar-refractivity contribution < 1.29 is 9.59 Å². The molecule has 2 aliphatic heterocycles. The Morgan fingerprint density at radius 2 is 1.72 bits per heavy atom. The lowest BCUT2D eigenvalue weighted by molar-refractivity contribution is -0.144. The van der Waals surface area contributed by atoms with E-state index in [0.29, 0.717) is 13.1 Å². The summed E-state index contributed by atoms with van der Waals surface area (Å²) in [5, 5.41) is 4.77. The number of rotatable bonds is 3. The van der Waals surface area contributed by atoms with Gasteiger partial charge in [0.2, 0.25) is 11.8 Å². The second-order valence-electron chi connectivity index (χ2n) is 8.55. The molecule has 0 N–H and O–H groups in total. The van der Waals surface area contributed by atoms with Crippen molar-refractivity contribution in [2.24, 2.45) is 13.0 Å². The van der Waals surface area contributed by atoms with Gasteiger partial charge in [-0.15, -0.1) is 0 Å². The average molecular weight is 393 g/mol. The lowest BCUT2D eigenvalue weighted by Gasteiger charge is -2.29. The largest absolute Gasteiger partial charge is 0.340 e. The number of amides is 2. The molecule has 152 valence electrons. The van der Waals surface area contributed by atoms with Crippen LogP contribution in [0.5, 0.6) is 0 Å². The van der Waals surface area contributed by atoms with Crippen LogP contribution in [0.15, 0.2) is 30.3 Å². The monoisotopic (exact) mass is 392 g/mol. The van der Waals surface area contributed by atoms with Crippen molar-refractivity contribution in [3.63, 3.8) is 0 Å². The summed E-state index contributed by atoms with van der Waals surface area (Å²) in [6.45, 7) is 2.13. The average Bonchev–Trinajstić information content (AvgIpc) is 3.45. The quantitative estimate of drug-likeness (QED) is 0.806. The zero-order valence-corrected chi connectivity index (χ0v) is 17.0. The van der Waals surface area contributed by atoms with Crippen molar-refractivity contribution in [1.29, 1.82) is 0 Å². The van der Waals surface area contributed by atoms with Crippen LogP contribution >= 0.6 is 0 Å². The highest BCUT2D eigenvalue weighted by Crippen LogP contribution is 2.34. The third-order valence-corrected chi connectivity index (χ3v) is 6.63. The maximum Gasteiger partial charge on any atom is 0.245 e. The molecule has 3 heterocycles. The number of benzene rings is 1. The van der Waals surface area contributed by atoms with Crippen LogP contribution < -0.4 is 0 Å². The number of aryl methyl sites for hydroxylation is 1. The third kappa shape index (κ3) is 3.34. The Labute approximate surface area is 171 Å². The van der Waals surface area contributed by atoms with Gasteiger partial charge in [-0.3, -0.25) is 14.3 Å². The van der Waals surface area contributed by atoms with Gasteiger partial charge in [0.15, 0.2) is 0 Å². The second-order valence-corrected chi connectivity index (χ2v) is 8.55. The van der Waals surface area contributed by atoms with Crippen molar-refractivity contribution in [3.05, 3.63) is 41.6 Å². The van der Waals surface area contributed by atoms with Crippen LogP contribution in [0.4, 0.5) is 0 Å². The van der Waals surface area contributed by atoms with E-state index in [-0.39, 0.29) is 23.8 Å². The Kier molecular flexibility index (Phi) is 4.64. The summed E-state index contributed by atoms with van der Waals surface area (Å²) in [6.07, 6.45) is 5.33. The van der Waals surface area contributed by atoms with Crippen LogP contribution in [-0.4, -0.2) is 57.1 Å². The Bertz CT molecular complexity index is 932. The first-order valence-electron chi connectivity index (χ1n) is 10.8. The Balaban J connectivity index is 1.34. The fourth-order valence-electron chi connectivity index (χ4n) is 4.89. The zero-order valence-electron chi connectivity index (χ0n) is 17.0. The van der Waals surface area contributed by atoms with Crippen molar-refractivity contribution in [2.75, 3.05) is 19.6 Å². The van der Waals surface area contributed by atoms with Crippen molar-refractivity contribution in [1.82, 2.24) is 19.6 Å². The van der Waals surface area contributed by atoms with E-state index in [4.69, 9.17) is 5.10 Å². The SMILES string of the molecule is Cn1nc(-c2ccccc2)c2c1CCN(C(=O)[C@@H]1CCCN1C(=O)C1CC1)CC2. The van der Waals surface area contributed by atoms with E-state index in [1.807, 2.05) is 39.7 Å². The maximum atomic E-state index is 13.3. The smallest absolute Gasteiger partial charge is 0.245 e. The lowest BCUT2D eigenvalue weighted by Crippen LogP contribution is -2.49. The molecule has 3 aliphatic rings. The van der Waals surface area contributed by atoms with Crippen molar-refractivity contribution in [2.45, 2.75) is 44.6 Å². The number of fused-ring (bicyclic) bond motifs is 1. The van der Waals surface area contributed by atoms with Gasteiger partial charge in [-0.1, -0.05) is 30.3 Å². The summed E-state index contributed by atoms with van der Waals surface area (Å²) in [6, 6.07) is 10.0. The normalized spacial score (nSPS) is 21.8. The molecular formula is C23H28N4O2.